The highest BCUT2D eigenvalue weighted by molar-refractivity contribution is 5.66. The van der Waals surface area contributed by atoms with Crippen molar-refractivity contribution in [1.82, 2.24) is 15.4 Å². The number of aromatic hydroxyl groups is 1. The molecule has 0 bridgehead atoms. The Hall–Kier alpha value is -3.15. The second-order valence-electron chi connectivity index (χ2n) is 6.75. The van der Waals surface area contributed by atoms with Crippen LogP contribution in [0.25, 0.3) is 11.1 Å². The van der Waals surface area contributed by atoms with E-state index in [-0.39, 0.29) is 5.75 Å². The number of unbranched alkanes of at least 4 members (excludes halogenated alkanes) is 3. The first-order valence-corrected chi connectivity index (χ1v) is 10.4. The van der Waals surface area contributed by atoms with Gasteiger partial charge in [0.1, 0.15) is 0 Å². The van der Waals surface area contributed by atoms with Crippen LogP contribution in [0.5, 0.6) is 17.4 Å². The Kier molecular flexibility index (Phi) is 10.1. The van der Waals surface area contributed by atoms with Crippen molar-refractivity contribution in [2.75, 3.05) is 13.7 Å². The van der Waals surface area contributed by atoms with Crippen molar-refractivity contribution in [3.05, 3.63) is 60.3 Å². The van der Waals surface area contributed by atoms with Crippen LogP contribution in [0.1, 0.15) is 45.1 Å². The number of phenolic OH excluding ortho intramolecular Hbond substituents is 1. The molecule has 3 aromatic rings. The molecule has 0 aliphatic heterocycles. The monoisotopic (exact) mass is 409 g/mol. The molecule has 0 radical (unpaired) electrons. The fourth-order valence-electron chi connectivity index (χ4n) is 2.94. The van der Waals surface area contributed by atoms with Gasteiger partial charge in [-0.3, -0.25) is 0 Å². The van der Waals surface area contributed by atoms with E-state index in [9.17, 15) is 5.11 Å². The molecule has 1 N–H and O–H groups in total. The SMILES string of the molecule is CCCCCCOc1c(O)cccc1CC.COc1nnncc1-c1ccccc1. The number of ether oxygens (including phenoxy) is 2. The third-order valence-corrected chi connectivity index (χ3v) is 4.58. The Morgan fingerprint density at radius 2 is 1.73 bits per heavy atom. The van der Waals surface area contributed by atoms with Crippen molar-refractivity contribution in [3.63, 3.8) is 0 Å². The Morgan fingerprint density at radius 1 is 0.933 bits per heavy atom. The minimum absolute atomic E-state index is 0.259. The summed E-state index contributed by atoms with van der Waals surface area (Å²) in [7, 11) is 1.57. The molecule has 2 aromatic carbocycles. The molecule has 6 nitrogen and oxygen atoms in total. The lowest BCUT2D eigenvalue weighted by molar-refractivity contribution is 0.286. The van der Waals surface area contributed by atoms with Gasteiger partial charge >= 0.3 is 0 Å². The topological polar surface area (TPSA) is 77.4 Å². The molecule has 0 saturated carbocycles. The van der Waals surface area contributed by atoms with Crippen LogP contribution in [0.2, 0.25) is 0 Å². The maximum absolute atomic E-state index is 9.70. The maximum atomic E-state index is 9.70. The van der Waals surface area contributed by atoms with Crippen LogP contribution in [0.15, 0.2) is 54.7 Å². The van der Waals surface area contributed by atoms with E-state index in [1.807, 2.05) is 42.5 Å². The molecule has 6 heteroatoms. The van der Waals surface area contributed by atoms with E-state index >= 15 is 0 Å². The minimum Gasteiger partial charge on any atom is -0.504 e. The van der Waals surface area contributed by atoms with Gasteiger partial charge < -0.3 is 14.6 Å². The molecule has 160 valence electrons. The smallest absolute Gasteiger partial charge is 0.244 e. The summed E-state index contributed by atoms with van der Waals surface area (Å²) in [6.45, 7) is 4.96. The van der Waals surface area contributed by atoms with Gasteiger partial charge in [0.25, 0.3) is 0 Å². The van der Waals surface area contributed by atoms with Crippen LogP contribution in [-0.2, 0) is 6.42 Å². The number of hydrogen-bond donors (Lipinski definition) is 1. The number of para-hydroxylation sites is 1. The molecule has 0 saturated heterocycles. The fraction of sp³-hybridized carbons (Fsp3) is 0.375. The molecule has 0 spiro atoms. The van der Waals surface area contributed by atoms with Gasteiger partial charge in [-0.25, -0.2) is 0 Å². The zero-order chi connectivity index (χ0) is 21.6. The van der Waals surface area contributed by atoms with Gasteiger partial charge in [0.05, 0.1) is 25.5 Å². The predicted molar refractivity (Wildman–Crippen MR) is 119 cm³/mol. The summed E-state index contributed by atoms with van der Waals surface area (Å²) in [6, 6.07) is 15.4. The molecule has 1 aromatic heterocycles. The van der Waals surface area contributed by atoms with Crippen LogP contribution in [0.4, 0.5) is 0 Å². The normalized spacial score (nSPS) is 10.1. The summed E-state index contributed by atoms with van der Waals surface area (Å²) in [5, 5.41) is 20.7. The first-order chi connectivity index (χ1) is 14.7. The first-order valence-electron chi connectivity index (χ1n) is 10.4. The number of rotatable bonds is 9. The Bertz CT molecular complexity index is 873. The standard InChI is InChI=1S/C14H22O2.C10H9N3O/c1-3-5-6-7-11-16-14-12(4-2)9-8-10-13(14)15;1-14-10-9(7-11-13-12-10)8-5-3-2-4-6-8/h8-10,15H,3-7,11H2,1-2H3;2-7H,1H3. The van der Waals surface area contributed by atoms with E-state index in [4.69, 9.17) is 9.47 Å². The van der Waals surface area contributed by atoms with Gasteiger partial charge in [-0.1, -0.05) is 80.7 Å². The van der Waals surface area contributed by atoms with E-state index in [1.165, 1.54) is 19.3 Å². The number of nitrogens with zero attached hydrogens (tertiary/aromatic N) is 3. The van der Waals surface area contributed by atoms with Crippen LogP contribution in [0, 0.1) is 0 Å². The quantitative estimate of drug-likeness (QED) is 0.473. The van der Waals surface area contributed by atoms with Crippen molar-refractivity contribution in [3.8, 4) is 28.5 Å². The average molecular weight is 410 g/mol. The third kappa shape index (κ3) is 7.03. The number of benzene rings is 2. The van der Waals surface area contributed by atoms with E-state index in [0.717, 1.165) is 29.5 Å². The molecular formula is C24H31N3O3. The molecule has 0 unspecified atom stereocenters. The summed E-state index contributed by atoms with van der Waals surface area (Å²) >= 11 is 0. The summed E-state index contributed by atoms with van der Waals surface area (Å²) in [5.41, 5.74) is 2.95. The number of hydrogen-bond acceptors (Lipinski definition) is 6. The zero-order valence-electron chi connectivity index (χ0n) is 18.0. The second-order valence-corrected chi connectivity index (χ2v) is 6.75. The molecule has 0 aliphatic carbocycles. The predicted octanol–water partition coefficient (Wildman–Crippen LogP) is 5.46. The zero-order valence-corrected chi connectivity index (χ0v) is 18.0. The van der Waals surface area contributed by atoms with Crippen LogP contribution >= 0.6 is 0 Å². The highest BCUT2D eigenvalue weighted by atomic mass is 16.5. The van der Waals surface area contributed by atoms with E-state index in [0.29, 0.717) is 18.2 Å². The minimum atomic E-state index is 0.259. The van der Waals surface area contributed by atoms with Crippen molar-refractivity contribution in [2.45, 2.75) is 46.0 Å². The van der Waals surface area contributed by atoms with Gasteiger partial charge in [0.2, 0.25) is 5.88 Å². The van der Waals surface area contributed by atoms with Gasteiger partial charge in [-0.15, -0.1) is 5.10 Å². The molecule has 0 aliphatic rings. The van der Waals surface area contributed by atoms with Crippen LogP contribution in [0.3, 0.4) is 0 Å². The highest BCUT2D eigenvalue weighted by Gasteiger charge is 2.07. The van der Waals surface area contributed by atoms with E-state index in [1.54, 1.807) is 19.4 Å². The Labute approximate surface area is 178 Å². The summed E-state index contributed by atoms with van der Waals surface area (Å²) in [6.07, 6.45) is 7.28. The van der Waals surface area contributed by atoms with Gasteiger partial charge in [0, 0.05) is 0 Å². The van der Waals surface area contributed by atoms with E-state index < -0.39 is 0 Å². The van der Waals surface area contributed by atoms with Gasteiger partial charge in [-0.05, 0) is 35.2 Å². The first kappa shape index (κ1) is 23.1. The highest BCUT2D eigenvalue weighted by Crippen LogP contribution is 2.30. The summed E-state index contributed by atoms with van der Waals surface area (Å²) in [4.78, 5) is 0. The third-order valence-electron chi connectivity index (χ3n) is 4.58. The second kappa shape index (κ2) is 13.1. The van der Waals surface area contributed by atoms with E-state index in [2.05, 4.69) is 29.3 Å². The van der Waals surface area contributed by atoms with Crippen LogP contribution in [-0.4, -0.2) is 34.2 Å². The lowest BCUT2D eigenvalue weighted by Crippen LogP contribution is -2.00. The maximum Gasteiger partial charge on any atom is 0.244 e. The Morgan fingerprint density at radius 3 is 2.43 bits per heavy atom. The van der Waals surface area contributed by atoms with Crippen molar-refractivity contribution < 1.29 is 14.6 Å². The summed E-state index contributed by atoms with van der Waals surface area (Å²) < 4.78 is 10.7. The van der Waals surface area contributed by atoms with Crippen molar-refractivity contribution >= 4 is 0 Å². The Balaban J connectivity index is 0.000000215. The number of aryl methyl sites for hydroxylation is 1. The molecule has 0 amide bonds. The molecule has 0 atom stereocenters. The van der Waals surface area contributed by atoms with Crippen molar-refractivity contribution in [1.29, 1.82) is 0 Å². The summed E-state index contributed by atoms with van der Waals surface area (Å²) in [5.74, 6) is 1.42. The van der Waals surface area contributed by atoms with Crippen molar-refractivity contribution in [2.24, 2.45) is 0 Å². The molecule has 0 fully saturated rings. The lowest BCUT2D eigenvalue weighted by Gasteiger charge is -2.11. The molecular weight excluding hydrogens is 378 g/mol. The average Bonchev–Trinajstić information content (AvgIpc) is 2.80. The fourth-order valence-corrected chi connectivity index (χ4v) is 2.94. The number of methoxy groups -OCH3 is 1. The molecule has 30 heavy (non-hydrogen) atoms. The lowest BCUT2D eigenvalue weighted by atomic mass is 10.1. The molecule has 3 rings (SSSR count). The number of aromatic nitrogens is 3. The van der Waals surface area contributed by atoms with Gasteiger partial charge in [-0.2, -0.15) is 0 Å². The molecule has 1 heterocycles. The largest absolute Gasteiger partial charge is 0.504 e. The van der Waals surface area contributed by atoms with Crippen LogP contribution < -0.4 is 9.47 Å². The number of phenols is 1. The van der Waals surface area contributed by atoms with Gasteiger partial charge in [0.15, 0.2) is 11.5 Å².